The lowest BCUT2D eigenvalue weighted by atomic mass is 10.1. The number of rotatable bonds is 6. The first kappa shape index (κ1) is 14.5. The summed E-state index contributed by atoms with van der Waals surface area (Å²) in [5.41, 5.74) is 1.10. The van der Waals surface area contributed by atoms with Crippen LogP contribution in [0.1, 0.15) is 32.4 Å². The Morgan fingerprint density at radius 3 is 2.44 bits per heavy atom. The molecule has 1 aromatic rings. The molecule has 1 atom stereocenters. The van der Waals surface area contributed by atoms with Gasteiger partial charge in [0.25, 0.3) is 0 Å². The fourth-order valence-electron chi connectivity index (χ4n) is 1.92. The molecule has 2 N–H and O–H groups in total. The van der Waals surface area contributed by atoms with E-state index in [9.17, 15) is 9.90 Å². The van der Waals surface area contributed by atoms with E-state index in [1.165, 1.54) is 0 Å². The number of benzene rings is 1. The molecule has 0 radical (unpaired) electrons. The van der Waals surface area contributed by atoms with E-state index in [1.807, 2.05) is 26.0 Å². The SMILES string of the molecule is CCNC(=O)CN(CC)C(C)c1ccc(O)cc1. The highest BCUT2D eigenvalue weighted by Gasteiger charge is 2.16. The second-order valence-corrected chi connectivity index (χ2v) is 4.28. The monoisotopic (exact) mass is 250 g/mol. The number of hydrogen-bond donors (Lipinski definition) is 2. The Morgan fingerprint density at radius 1 is 1.33 bits per heavy atom. The van der Waals surface area contributed by atoms with Gasteiger partial charge in [-0.3, -0.25) is 9.69 Å². The second kappa shape index (κ2) is 7.01. The maximum atomic E-state index is 11.6. The van der Waals surface area contributed by atoms with Crippen molar-refractivity contribution in [1.82, 2.24) is 10.2 Å². The smallest absolute Gasteiger partial charge is 0.234 e. The van der Waals surface area contributed by atoms with Crippen LogP contribution in [0.2, 0.25) is 0 Å². The molecule has 1 rings (SSSR count). The van der Waals surface area contributed by atoms with Gasteiger partial charge in [0.1, 0.15) is 5.75 Å². The topological polar surface area (TPSA) is 52.6 Å². The van der Waals surface area contributed by atoms with E-state index in [-0.39, 0.29) is 17.7 Å². The summed E-state index contributed by atoms with van der Waals surface area (Å²) in [6.07, 6.45) is 0. The lowest BCUT2D eigenvalue weighted by Gasteiger charge is -2.27. The summed E-state index contributed by atoms with van der Waals surface area (Å²) in [5, 5.41) is 12.1. The number of carbonyl (C=O) groups is 1. The summed E-state index contributed by atoms with van der Waals surface area (Å²) < 4.78 is 0. The molecule has 0 saturated carbocycles. The van der Waals surface area contributed by atoms with Gasteiger partial charge in [0.15, 0.2) is 0 Å². The van der Waals surface area contributed by atoms with E-state index in [0.29, 0.717) is 13.1 Å². The molecular formula is C14H22N2O2. The number of amides is 1. The van der Waals surface area contributed by atoms with Crippen molar-refractivity contribution >= 4 is 5.91 Å². The summed E-state index contributed by atoms with van der Waals surface area (Å²) in [6, 6.07) is 7.27. The fourth-order valence-corrected chi connectivity index (χ4v) is 1.92. The molecule has 1 aromatic carbocycles. The molecule has 0 heterocycles. The van der Waals surface area contributed by atoms with Gasteiger partial charge < -0.3 is 10.4 Å². The van der Waals surface area contributed by atoms with Crippen LogP contribution >= 0.6 is 0 Å². The van der Waals surface area contributed by atoms with Gasteiger partial charge in [-0.25, -0.2) is 0 Å². The van der Waals surface area contributed by atoms with Crippen molar-refractivity contribution in [3.63, 3.8) is 0 Å². The Bertz CT molecular complexity index is 376. The van der Waals surface area contributed by atoms with Crippen LogP contribution in [0, 0.1) is 0 Å². The van der Waals surface area contributed by atoms with Crippen LogP contribution in [0.15, 0.2) is 24.3 Å². The van der Waals surface area contributed by atoms with E-state index in [1.54, 1.807) is 12.1 Å². The predicted molar refractivity (Wildman–Crippen MR) is 72.5 cm³/mol. The number of carbonyl (C=O) groups excluding carboxylic acids is 1. The van der Waals surface area contributed by atoms with E-state index >= 15 is 0 Å². The van der Waals surface area contributed by atoms with E-state index in [2.05, 4.69) is 17.1 Å². The van der Waals surface area contributed by atoms with E-state index in [0.717, 1.165) is 12.1 Å². The van der Waals surface area contributed by atoms with Gasteiger partial charge in [-0.1, -0.05) is 19.1 Å². The van der Waals surface area contributed by atoms with Gasteiger partial charge >= 0.3 is 0 Å². The summed E-state index contributed by atoms with van der Waals surface area (Å²) in [7, 11) is 0. The summed E-state index contributed by atoms with van der Waals surface area (Å²) >= 11 is 0. The summed E-state index contributed by atoms with van der Waals surface area (Å²) in [5.74, 6) is 0.308. The highest BCUT2D eigenvalue weighted by atomic mass is 16.3. The Kier molecular flexibility index (Phi) is 5.65. The molecule has 0 fully saturated rings. The maximum absolute atomic E-state index is 11.6. The first-order valence-corrected chi connectivity index (χ1v) is 6.38. The molecule has 18 heavy (non-hydrogen) atoms. The van der Waals surface area contributed by atoms with Crippen LogP contribution in [0.3, 0.4) is 0 Å². The van der Waals surface area contributed by atoms with Gasteiger partial charge in [0, 0.05) is 12.6 Å². The Labute approximate surface area is 109 Å². The minimum absolute atomic E-state index is 0.0463. The van der Waals surface area contributed by atoms with Crippen LogP contribution < -0.4 is 5.32 Å². The second-order valence-electron chi connectivity index (χ2n) is 4.28. The number of phenols is 1. The van der Waals surface area contributed by atoms with Crippen LogP contribution in [0.25, 0.3) is 0 Å². The number of phenolic OH excluding ortho intramolecular Hbond substituents is 1. The third-order valence-corrected chi connectivity index (χ3v) is 3.05. The maximum Gasteiger partial charge on any atom is 0.234 e. The standard InChI is InChI=1S/C14H22N2O2/c1-4-15-14(18)10-16(5-2)11(3)12-6-8-13(17)9-7-12/h6-9,11,17H,4-5,10H2,1-3H3,(H,15,18). The summed E-state index contributed by atoms with van der Waals surface area (Å²) in [6.45, 7) is 7.87. The zero-order valence-corrected chi connectivity index (χ0v) is 11.3. The normalized spacial score (nSPS) is 12.4. The third kappa shape index (κ3) is 4.04. The van der Waals surface area contributed by atoms with Gasteiger partial charge in [-0.2, -0.15) is 0 Å². The number of nitrogens with one attached hydrogen (secondary N) is 1. The first-order chi connectivity index (χ1) is 8.58. The molecule has 4 nitrogen and oxygen atoms in total. The van der Waals surface area contributed by atoms with E-state index in [4.69, 9.17) is 0 Å². The van der Waals surface area contributed by atoms with Crippen LogP contribution in [0.4, 0.5) is 0 Å². The molecule has 4 heteroatoms. The number of likely N-dealkylation sites (N-methyl/N-ethyl adjacent to an activating group) is 2. The zero-order chi connectivity index (χ0) is 13.5. The zero-order valence-electron chi connectivity index (χ0n) is 11.3. The molecule has 1 amide bonds. The number of nitrogens with zero attached hydrogens (tertiary/aromatic N) is 1. The van der Waals surface area contributed by atoms with Crippen molar-refractivity contribution in [2.45, 2.75) is 26.8 Å². The van der Waals surface area contributed by atoms with Crippen LogP contribution in [0.5, 0.6) is 5.75 Å². The Hall–Kier alpha value is -1.55. The highest BCUT2D eigenvalue weighted by molar-refractivity contribution is 5.78. The van der Waals surface area contributed by atoms with Crippen molar-refractivity contribution in [1.29, 1.82) is 0 Å². The van der Waals surface area contributed by atoms with Crippen molar-refractivity contribution in [2.75, 3.05) is 19.6 Å². The highest BCUT2D eigenvalue weighted by Crippen LogP contribution is 2.21. The Balaban J connectivity index is 2.69. The molecule has 0 aromatic heterocycles. The lowest BCUT2D eigenvalue weighted by molar-refractivity contribution is -0.122. The minimum atomic E-state index is 0.0463. The van der Waals surface area contributed by atoms with Gasteiger partial charge in [-0.05, 0) is 38.1 Å². The molecule has 0 spiro atoms. The first-order valence-electron chi connectivity index (χ1n) is 6.38. The Morgan fingerprint density at radius 2 is 1.94 bits per heavy atom. The summed E-state index contributed by atoms with van der Waals surface area (Å²) in [4.78, 5) is 13.7. The van der Waals surface area contributed by atoms with Gasteiger partial charge in [-0.15, -0.1) is 0 Å². The number of aromatic hydroxyl groups is 1. The molecule has 0 aliphatic heterocycles. The minimum Gasteiger partial charge on any atom is -0.508 e. The average molecular weight is 250 g/mol. The van der Waals surface area contributed by atoms with Crippen molar-refractivity contribution in [3.05, 3.63) is 29.8 Å². The molecule has 100 valence electrons. The molecule has 0 aliphatic carbocycles. The van der Waals surface area contributed by atoms with Crippen molar-refractivity contribution < 1.29 is 9.90 Å². The van der Waals surface area contributed by atoms with Gasteiger partial charge in [0.05, 0.1) is 6.54 Å². The molecule has 0 saturated heterocycles. The fraction of sp³-hybridized carbons (Fsp3) is 0.500. The molecule has 0 aliphatic rings. The number of hydrogen-bond acceptors (Lipinski definition) is 3. The van der Waals surface area contributed by atoms with Crippen LogP contribution in [-0.4, -0.2) is 35.5 Å². The lowest BCUT2D eigenvalue weighted by Crippen LogP contribution is -2.38. The predicted octanol–water partition coefficient (Wildman–Crippen LogP) is 1.91. The quantitative estimate of drug-likeness (QED) is 0.811. The third-order valence-electron chi connectivity index (χ3n) is 3.05. The van der Waals surface area contributed by atoms with Crippen molar-refractivity contribution in [2.24, 2.45) is 0 Å². The van der Waals surface area contributed by atoms with E-state index < -0.39 is 0 Å². The van der Waals surface area contributed by atoms with Gasteiger partial charge in [0.2, 0.25) is 5.91 Å². The van der Waals surface area contributed by atoms with Crippen LogP contribution in [-0.2, 0) is 4.79 Å². The van der Waals surface area contributed by atoms with Crippen molar-refractivity contribution in [3.8, 4) is 5.75 Å². The molecule has 1 unspecified atom stereocenters. The largest absolute Gasteiger partial charge is 0.508 e. The average Bonchev–Trinajstić information content (AvgIpc) is 2.36. The molecular weight excluding hydrogens is 228 g/mol. The molecule has 0 bridgehead atoms.